The summed E-state index contributed by atoms with van der Waals surface area (Å²) in [7, 11) is 1.18. The molecular formula is C16H23NO9. The molecule has 0 aromatic rings. The van der Waals surface area contributed by atoms with Crippen molar-refractivity contribution in [3.05, 3.63) is 0 Å². The third-order valence-electron chi connectivity index (χ3n) is 4.35. The minimum atomic E-state index is -1.63. The van der Waals surface area contributed by atoms with Crippen LogP contribution in [-0.4, -0.2) is 67.0 Å². The van der Waals surface area contributed by atoms with Crippen molar-refractivity contribution in [1.82, 2.24) is 5.23 Å². The lowest BCUT2D eigenvalue weighted by molar-refractivity contribution is -0.362. The van der Waals surface area contributed by atoms with Gasteiger partial charge in [0, 0.05) is 18.8 Å². The zero-order valence-corrected chi connectivity index (χ0v) is 15.2. The highest BCUT2D eigenvalue weighted by atomic mass is 17.0. The van der Waals surface area contributed by atoms with Crippen molar-refractivity contribution in [2.24, 2.45) is 5.92 Å². The summed E-state index contributed by atoms with van der Waals surface area (Å²) in [6.45, 7) is 4.74. The van der Waals surface area contributed by atoms with Crippen LogP contribution in [0.25, 0.3) is 0 Å². The van der Waals surface area contributed by atoms with Gasteiger partial charge in [0.15, 0.2) is 17.7 Å². The minimum Gasteiger partial charge on any atom is -0.467 e. The Labute approximate surface area is 150 Å². The molecule has 146 valence electrons. The highest BCUT2D eigenvalue weighted by Gasteiger charge is 2.70. The van der Waals surface area contributed by atoms with E-state index in [0.717, 1.165) is 5.23 Å². The van der Waals surface area contributed by atoms with Crippen LogP contribution in [0.2, 0.25) is 0 Å². The Morgan fingerprint density at radius 2 is 1.73 bits per heavy atom. The van der Waals surface area contributed by atoms with Crippen molar-refractivity contribution >= 4 is 23.7 Å². The first-order valence-corrected chi connectivity index (χ1v) is 8.36. The van der Waals surface area contributed by atoms with Gasteiger partial charge in [0.1, 0.15) is 5.78 Å². The van der Waals surface area contributed by atoms with Gasteiger partial charge < -0.3 is 19.0 Å². The molecule has 0 unspecified atom stereocenters. The van der Waals surface area contributed by atoms with Crippen LogP contribution in [0.3, 0.4) is 0 Å². The van der Waals surface area contributed by atoms with E-state index in [1.807, 2.05) is 0 Å². The smallest absolute Gasteiger partial charge is 0.337 e. The monoisotopic (exact) mass is 373 g/mol. The number of ketones is 1. The van der Waals surface area contributed by atoms with E-state index in [2.05, 4.69) is 4.74 Å². The fourth-order valence-electron chi connectivity index (χ4n) is 3.28. The van der Waals surface area contributed by atoms with Crippen LogP contribution in [0.4, 0.5) is 0 Å². The average Bonchev–Trinajstić information content (AvgIpc) is 3.10. The zero-order valence-electron chi connectivity index (χ0n) is 15.2. The second-order valence-electron chi connectivity index (χ2n) is 6.01. The molecule has 0 bridgehead atoms. The third kappa shape index (κ3) is 3.44. The molecule has 0 aromatic heterocycles. The lowest BCUT2D eigenvalue weighted by Crippen LogP contribution is -2.52. The molecule has 26 heavy (non-hydrogen) atoms. The predicted molar refractivity (Wildman–Crippen MR) is 83.0 cm³/mol. The van der Waals surface area contributed by atoms with Crippen LogP contribution in [0, 0.1) is 5.92 Å². The van der Waals surface area contributed by atoms with Gasteiger partial charge >= 0.3 is 17.9 Å². The Morgan fingerprint density at radius 1 is 1.08 bits per heavy atom. The van der Waals surface area contributed by atoms with E-state index in [1.54, 1.807) is 13.8 Å². The predicted octanol–water partition coefficient (Wildman–Crippen LogP) is -0.0606. The van der Waals surface area contributed by atoms with Crippen LogP contribution in [0.15, 0.2) is 0 Å². The molecule has 0 aliphatic carbocycles. The van der Waals surface area contributed by atoms with Crippen molar-refractivity contribution in [2.75, 3.05) is 20.3 Å². The van der Waals surface area contributed by atoms with Gasteiger partial charge in [-0.2, -0.15) is 0 Å². The summed E-state index contributed by atoms with van der Waals surface area (Å²) in [5.74, 6) is -3.38. The first kappa shape index (κ1) is 20.3. The van der Waals surface area contributed by atoms with E-state index in [0.29, 0.717) is 0 Å². The minimum absolute atomic E-state index is 0.0637. The van der Waals surface area contributed by atoms with Crippen molar-refractivity contribution < 1.29 is 43.1 Å². The van der Waals surface area contributed by atoms with Gasteiger partial charge in [0.25, 0.3) is 0 Å². The van der Waals surface area contributed by atoms with E-state index in [9.17, 15) is 19.2 Å². The molecule has 10 heteroatoms. The van der Waals surface area contributed by atoms with Gasteiger partial charge in [-0.05, 0) is 26.0 Å². The Hall–Kier alpha value is -2.04. The molecule has 2 fully saturated rings. The number of nitrogens with zero attached hydrogens (tertiary/aromatic N) is 1. The molecule has 0 saturated carbocycles. The summed E-state index contributed by atoms with van der Waals surface area (Å²) in [6.07, 6.45) is -2.69. The Morgan fingerprint density at radius 3 is 2.27 bits per heavy atom. The second kappa shape index (κ2) is 8.11. The number of hydrogen-bond acceptors (Lipinski definition) is 10. The fraction of sp³-hybridized carbons (Fsp3) is 0.750. The Balaban J connectivity index is 2.44. The van der Waals surface area contributed by atoms with Crippen molar-refractivity contribution in [3.63, 3.8) is 0 Å². The van der Waals surface area contributed by atoms with E-state index in [4.69, 9.17) is 19.1 Å². The lowest BCUT2D eigenvalue weighted by atomic mass is 9.75. The largest absolute Gasteiger partial charge is 0.467 e. The van der Waals surface area contributed by atoms with Gasteiger partial charge in [-0.3, -0.25) is 9.68 Å². The molecule has 2 saturated heterocycles. The summed E-state index contributed by atoms with van der Waals surface area (Å²) in [5, 5.41) is 0.807. The number of rotatable bonds is 7. The number of esters is 3. The topological polar surface area (TPSA) is 118 Å². The highest BCUT2D eigenvalue weighted by Crippen LogP contribution is 2.49. The van der Waals surface area contributed by atoms with E-state index in [1.165, 1.54) is 14.0 Å². The lowest BCUT2D eigenvalue weighted by Gasteiger charge is -2.29. The summed E-state index contributed by atoms with van der Waals surface area (Å²) in [5.41, 5.74) is -1.63. The molecule has 0 N–H and O–H groups in total. The normalized spacial score (nSPS) is 30.5. The number of methoxy groups -OCH3 is 1. The molecular weight excluding hydrogens is 350 g/mol. The summed E-state index contributed by atoms with van der Waals surface area (Å²) < 4.78 is 14.8. The van der Waals surface area contributed by atoms with Gasteiger partial charge in [0.2, 0.25) is 0 Å². The molecule has 0 aromatic carbocycles. The van der Waals surface area contributed by atoms with E-state index >= 15 is 0 Å². The molecule has 2 heterocycles. The highest BCUT2D eigenvalue weighted by molar-refractivity contribution is 5.89. The molecule has 0 spiro atoms. The van der Waals surface area contributed by atoms with Gasteiger partial charge in [0.05, 0.1) is 20.3 Å². The molecule has 2 aliphatic rings. The van der Waals surface area contributed by atoms with Crippen molar-refractivity contribution in [1.29, 1.82) is 0 Å². The molecule has 2 rings (SSSR count). The van der Waals surface area contributed by atoms with E-state index in [-0.39, 0.29) is 31.8 Å². The van der Waals surface area contributed by atoms with Gasteiger partial charge in [-0.25, -0.2) is 14.4 Å². The molecule has 10 nitrogen and oxygen atoms in total. The van der Waals surface area contributed by atoms with Crippen LogP contribution in [0.5, 0.6) is 0 Å². The van der Waals surface area contributed by atoms with Crippen molar-refractivity contribution in [2.45, 2.75) is 51.4 Å². The Bertz CT molecular complexity index is 592. The number of Topliss-reactive ketones (excluding diaryl/α,β-unsaturated/α-hetero) is 1. The fourth-order valence-corrected chi connectivity index (χ4v) is 3.28. The van der Waals surface area contributed by atoms with Gasteiger partial charge in [-0.15, -0.1) is 0 Å². The number of carbonyl (C=O) groups excluding carboxylic acids is 4. The number of carbonyl (C=O) groups is 4. The van der Waals surface area contributed by atoms with Gasteiger partial charge in [-0.1, -0.05) is 0 Å². The van der Waals surface area contributed by atoms with Crippen molar-refractivity contribution in [3.8, 4) is 0 Å². The number of ether oxygens (including phenoxy) is 3. The maximum atomic E-state index is 12.8. The number of fused-ring (bicyclic) bond motifs is 1. The molecule has 0 amide bonds. The number of hydrogen-bond donors (Lipinski definition) is 0. The standard InChI is InChI=1S/C16H23NO9/c1-5-23-14(20)12-10(7-9(3)18)16(15(21)24-6-2)8-11(13(19)22-4)25-17(16)26-12/h10-12H,5-8H2,1-4H3/t10-,11-,12-,16+/m1/s1. The van der Waals surface area contributed by atoms with Crippen LogP contribution in [0.1, 0.15) is 33.6 Å². The quantitative estimate of drug-likeness (QED) is 0.443. The summed E-state index contributed by atoms with van der Waals surface area (Å²) in [4.78, 5) is 59.6. The molecule has 0 radical (unpaired) electrons. The maximum absolute atomic E-state index is 12.8. The first-order chi connectivity index (χ1) is 12.3. The molecule has 4 atom stereocenters. The summed E-state index contributed by atoms with van der Waals surface area (Å²) in [6, 6.07) is 0. The second-order valence-corrected chi connectivity index (χ2v) is 6.01. The SMILES string of the molecule is CCOC(=O)[C@@H]1ON2O[C@@H](C(=O)OC)C[C@@]2(C(=O)OCC)[C@@H]1CC(C)=O. The molecule has 2 aliphatic heterocycles. The first-order valence-electron chi connectivity index (χ1n) is 8.36. The maximum Gasteiger partial charge on any atom is 0.337 e. The average molecular weight is 373 g/mol. The zero-order chi connectivity index (χ0) is 19.5. The van der Waals surface area contributed by atoms with Crippen LogP contribution in [-0.2, 0) is 43.1 Å². The van der Waals surface area contributed by atoms with Crippen LogP contribution >= 0.6 is 0 Å². The number of hydroxylamine groups is 2. The van der Waals surface area contributed by atoms with Crippen LogP contribution < -0.4 is 0 Å². The Kier molecular flexibility index (Phi) is 6.32. The third-order valence-corrected chi connectivity index (χ3v) is 4.35. The van der Waals surface area contributed by atoms with E-state index < -0.39 is 41.6 Å². The summed E-state index contributed by atoms with van der Waals surface area (Å²) >= 11 is 0.